The summed E-state index contributed by atoms with van der Waals surface area (Å²) in [6, 6.07) is 11.9. The second kappa shape index (κ2) is 7.25. The van der Waals surface area contributed by atoms with Gasteiger partial charge in [-0.2, -0.15) is 0 Å². The zero-order chi connectivity index (χ0) is 17.2. The van der Waals surface area contributed by atoms with Crippen LogP contribution >= 0.6 is 45.6 Å². The number of fused-ring (bicyclic) bond motifs is 1. The SMILES string of the molecule is O=C(Cc1csc(-c2cccs2)n1)OCc1sc2ccccc2c1Cl. The standard InChI is InChI=1S/C18H12ClNO2S3/c19-17-12-4-1-2-5-13(12)25-15(17)9-22-16(21)8-11-10-24-18(20-11)14-6-3-7-23-14/h1-7,10H,8-9H2. The van der Waals surface area contributed by atoms with E-state index in [0.717, 1.165) is 30.5 Å². The Morgan fingerprint density at radius 1 is 1.16 bits per heavy atom. The number of thiophene rings is 2. The molecule has 0 unspecified atom stereocenters. The number of nitrogens with zero attached hydrogens (tertiary/aromatic N) is 1. The van der Waals surface area contributed by atoms with E-state index in [4.69, 9.17) is 16.3 Å². The maximum atomic E-state index is 12.1. The molecule has 0 aliphatic carbocycles. The van der Waals surface area contributed by atoms with Crippen molar-refractivity contribution in [1.82, 2.24) is 4.98 Å². The van der Waals surface area contributed by atoms with Crippen LogP contribution in [0.15, 0.2) is 47.2 Å². The van der Waals surface area contributed by atoms with Crippen LogP contribution in [-0.4, -0.2) is 11.0 Å². The van der Waals surface area contributed by atoms with Crippen molar-refractivity contribution in [2.45, 2.75) is 13.0 Å². The molecule has 0 spiro atoms. The average molecular weight is 406 g/mol. The van der Waals surface area contributed by atoms with Crippen LogP contribution in [0.3, 0.4) is 0 Å². The molecule has 0 N–H and O–H groups in total. The maximum Gasteiger partial charge on any atom is 0.312 e. The number of hydrogen-bond donors (Lipinski definition) is 0. The molecule has 0 aliphatic heterocycles. The molecule has 0 fully saturated rings. The minimum Gasteiger partial charge on any atom is -0.460 e. The first-order valence-electron chi connectivity index (χ1n) is 7.50. The average Bonchev–Trinajstić information content (AvgIpc) is 3.34. The fraction of sp³-hybridized carbons (Fsp3) is 0.111. The van der Waals surface area contributed by atoms with E-state index in [9.17, 15) is 4.79 Å². The molecule has 126 valence electrons. The molecule has 0 aliphatic rings. The molecule has 4 rings (SSSR count). The molecule has 0 saturated carbocycles. The fourth-order valence-electron chi connectivity index (χ4n) is 2.40. The Hall–Kier alpha value is -1.73. The third-order valence-electron chi connectivity index (χ3n) is 3.57. The number of carbonyl (C=O) groups excluding carboxylic acids is 1. The smallest absolute Gasteiger partial charge is 0.312 e. The van der Waals surface area contributed by atoms with Gasteiger partial charge in [-0.3, -0.25) is 4.79 Å². The normalized spacial score (nSPS) is 11.1. The van der Waals surface area contributed by atoms with E-state index in [1.807, 2.05) is 47.2 Å². The van der Waals surface area contributed by atoms with Gasteiger partial charge in [0.1, 0.15) is 11.6 Å². The van der Waals surface area contributed by atoms with Crippen molar-refractivity contribution in [3.63, 3.8) is 0 Å². The van der Waals surface area contributed by atoms with Crippen molar-refractivity contribution >= 4 is 61.7 Å². The van der Waals surface area contributed by atoms with Gasteiger partial charge in [0.05, 0.1) is 26.9 Å². The molecule has 7 heteroatoms. The monoisotopic (exact) mass is 405 g/mol. The van der Waals surface area contributed by atoms with Gasteiger partial charge in [0.25, 0.3) is 0 Å². The van der Waals surface area contributed by atoms with Gasteiger partial charge in [-0.05, 0) is 17.5 Å². The van der Waals surface area contributed by atoms with E-state index in [2.05, 4.69) is 4.98 Å². The molecular formula is C18H12ClNO2S3. The summed E-state index contributed by atoms with van der Waals surface area (Å²) in [5.41, 5.74) is 0.737. The number of thiazole rings is 1. The Morgan fingerprint density at radius 3 is 2.84 bits per heavy atom. The molecule has 3 nitrogen and oxygen atoms in total. The molecule has 3 aromatic heterocycles. The third-order valence-corrected chi connectivity index (χ3v) is 7.19. The molecular weight excluding hydrogens is 394 g/mol. The van der Waals surface area contributed by atoms with E-state index in [-0.39, 0.29) is 19.0 Å². The summed E-state index contributed by atoms with van der Waals surface area (Å²) in [4.78, 5) is 18.6. The first kappa shape index (κ1) is 16.7. The van der Waals surface area contributed by atoms with E-state index < -0.39 is 0 Å². The lowest BCUT2D eigenvalue weighted by Gasteiger charge is -2.02. The summed E-state index contributed by atoms with van der Waals surface area (Å²) in [7, 11) is 0. The van der Waals surface area contributed by atoms with Gasteiger partial charge in [0, 0.05) is 15.5 Å². The summed E-state index contributed by atoms with van der Waals surface area (Å²) in [5, 5.41) is 6.52. The van der Waals surface area contributed by atoms with Crippen LogP contribution in [0.5, 0.6) is 0 Å². The molecule has 0 bridgehead atoms. The summed E-state index contributed by atoms with van der Waals surface area (Å²) >= 11 is 11.1. The number of aromatic nitrogens is 1. The van der Waals surface area contributed by atoms with Crippen LogP contribution in [-0.2, 0) is 22.6 Å². The zero-order valence-electron chi connectivity index (χ0n) is 12.9. The van der Waals surface area contributed by atoms with Crippen LogP contribution in [0, 0.1) is 0 Å². The van der Waals surface area contributed by atoms with E-state index in [0.29, 0.717) is 5.02 Å². The van der Waals surface area contributed by atoms with Gasteiger partial charge in [-0.25, -0.2) is 4.98 Å². The zero-order valence-corrected chi connectivity index (χ0v) is 16.1. The van der Waals surface area contributed by atoms with Gasteiger partial charge in [0.15, 0.2) is 0 Å². The number of rotatable bonds is 5. The van der Waals surface area contributed by atoms with Gasteiger partial charge in [0.2, 0.25) is 0 Å². The van der Waals surface area contributed by atoms with Crippen LogP contribution in [0.25, 0.3) is 20.0 Å². The lowest BCUT2D eigenvalue weighted by atomic mass is 10.2. The number of hydrogen-bond acceptors (Lipinski definition) is 6. The number of ether oxygens (including phenoxy) is 1. The number of esters is 1. The molecule has 0 atom stereocenters. The second-order valence-electron chi connectivity index (χ2n) is 5.29. The Labute approximate surface area is 161 Å². The minimum absolute atomic E-state index is 0.171. The largest absolute Gasteiger partial charge is 0.460 e. The highest BCUT2D eigenvalue weighted by atomic mass is 35.5. The summed E-state index contributed by atoms with van der Waals surface area (Å²) in [6.45, 7) is 0.193. The van der Waals surface area contributed by atoms with Crippen LogP contribution in [0.4, 0.5) is 0 Å². The van der Waals surface area contributed by atoms with Gasteiger partial charge < -0.3 is 4.74 Å². The number of carbonyl (C=O) groups is 1. The van der Waals surface area contributed by atoms with Crippen molar-refractivity contribution in [1.29, 1.82) is 0 Å². The predicted octanol–water partition coefficient (Wildman–Crippen LogP) is 6.03. The lowest BCUT2D eigenvalue weighted by Crippen LogP contribution is -2.07. The van der Waals surface area contributed by atoms with E-state index >= 15 is 0 Å². The predicted molar refractivity (Wildman–Crippen MR) is 106 cm³/mol. The maximum absolute atomic E-state index is 12.1. The van der Waals surface area contributed by atoms with Gasteiger partial charge >= 0.3 is 5.97 Å². The van der Waals surface area contributed by atoms with Crippen molar-refractivity contribution in [2.75, 3.05) is 0 Å². The molecule has 1 aromatic carbocycles. The van der Waals surface area contributed by atoms with Crippen LogP contribution < -0.4 is 0 Å². The van der Waals surface area contributed by atoms with Gasteiger partial charge in [-0.15, -0.1) is 34.0 Å². The van der Waals surface area contributed by atoms with Crippen LogP contribution in [0.2, 0.25) is 5.02 Å². The highest BCUT2D eigenvalue weighted by molar-refractivity contribution is 7.20. The molecule has 3 heterocycles. The molecule has 0 amide bonds. The first-order valence-corrected chi connectivity index (χ1v) is 10.5. The summed E-state index contributed by atoms with van der Waals surface area (Å²) in [5.74, 6) is -0.295. The van der Waals surface area contributed by atoms with Crippen molar-refractivity contribution in [2.24, 2.45) is 0 Å². The minimum atomic E-state index is -0.295. The first-order chi connectivity index (χ1) is 12.2. The van der Waals surface area contributed by atoms with Crippen molar-refractivity contribution in [3.8, 4) is 9.88 Å². The number of halogens is 1. The van der Waals surface area contributed by atoms with Crippen molar-refractivity contribution < 1.29 is 9.53 Å². The quantitative estimate of drug-likeness (QED) is 0.381. The fourth-order valence-corrected chi connectivity index (χ4v) is 5.44. The highest BCUT2D eigenvalue weighted by Gasteiger charge is 2.14. The lowest BCUT2D eigenvalue weighted by molar-refractivity contribution is -0.144. The topological polar surface area (TPSA) is 39.2 Å². The molecule has 0 saturated heterocycles. The highest BCUT2D eigenvalue weighted by Crippen LogP contribution is 2.35. The van der Waals surface area contributed by atoms with E-state index in [1.54, 1.807) is 34.0 Å². The summed E-state index contributed by atoms with van der Waals surface area (Å²) in [6.07, 6.45) is 0.171. The molecule has 25 heavy (non-hydrogen) atoms. The van der Waals surface area contributed by atoms with E-state index in [1.165, 1.54) is 0 Å². The molecule has 0 radical (unpaired) electrons. The Bertz CT molecular complexity index is 1020. The van der Waals surface area contributed by atoms with Crippen molar-refractivity contribution in [3.05, 3.63) is 62.8 Å². The summed E-state index contributed by atoms with van der Waals surface area (Å²) < 4.78 is 6.49. The Kier molecular flexibility index (Phi) is 4.85. The van der Waals surface area contributed by atoms with Crippen LogP contribution in [0.1, 0.15) is 10.6 Å². The number of benzene rings is 1. The second-order valence-corrected chi connectivity index (χ2v) is 8.61. The van der Waals surface area contributed by atoms with Gasteiger partial charge in [-0.1, -0.05) is 35.9 Å². The Morgan fingerprint density at radius 2 is 2.04 bits per heavy atom. The molecule has 4 aromatic rings. The third kappa shape index (κ3) is 3.62. The Balaban J connectivity index is 1.40.